The number of nitrogens with two attached hydrogens (primary N) is 1. The lowest BCUT2D eigenvalue weighted by Crippen LogP contribution is -2.05. The largest absolute Gasteiger partial charge is 0.497 e. The van der Waals surface area contributed by atoms with Crippen LogP contribution in [0.2, 0.25) is 5.02 Å². The fraction of sp³-hybridized carbons (Fsp3) is 0.308. The van der Waals surface area contributed by atoms with E-state index in [9.17, 15) is 0 Å². The summed E-state index contributed by atoms with van der Waals surface area (Å²) >= 11 is 6.30. The number of rotatable bonds is 3. The average molecular weight is 266 g/mol. The molecule has 0 aliphatic carbocycles. The molecule has 2 N–H and O–H groups in total. The minimum Gasteiger partial charge on any atom is -0.497 e. The molecule has 5 heteroatoms. The Labute approximate surface area is 111 Å². The molecule has 4 nitrogen and oxygen atoms in total. The van der Waals surface area contributed by atoms with Gasteiger partial charge in [-0.1, -0.05) is 11.6 Å². The van der Waals surface area contributed by atoms with Gasteiger partial charge < -0.3 is 10.5 Å². The maximum Gasteiger partial charge on any atom is 0.120 e. The van der Waals surface area contributed by atoms with Crippen LogP contribution in [0.5, 0.6) is 5.75 Å². The summed E-state index contributed by atoms with van der Waals surface area (Å²) in [6.45, 7) is 2.38. The van der Waals surface area contributed by atoms with Gasteiger partial charge in [-0.3, -0.25) is 4.68 Å². The van der Waals surface area contributed by atoms with E-state index in [0.29, 0.717) is 11.6 Å². The Morgan fingerprint density at radius 2 is 2.17 bits per heavy atom. The van der Waals surface area contributed by atoms with Crippen LogP contribution in [0.1, 0.15) is 11.4 Å². The molecule has 1 aromatic heterocycles. The minimum atomic E-state index is 0.426. The van der Waals surface area contributed by atoms with Crippen LogP contribution in [0.15, 0.2) is 18.2 Å². The van der Waals surface area contributed by atoms with Crippen molar-refractivity contribution < 1.29 is 4.74 Å². The Hall–Kier alpha value is -1.52. The molecular formula is C13H16ClN3O. The van der Waals surface area contributed by atoms with Crippen molar-refractivity contribution in [2.75, 3.05) is 7.11 Å². The van der Waals surface area contributed by atoms with Crippen LogP contribution in [0.3, 0.4) is 0 Å². The lowest BCUT2D eigenvalue weighted by molar-refractivity contribution is 0.415. The third kappa shape index (κ3) is 2.09. The standard InChI is InChI=1S/C13H16ClN3O/c1-8-13(12(7-15)17(2)16-8)10-5-4-9(18-3)6-11(10)14/h4-6H,7,15H2,1-3H3. The van der Waals surface area contributed by atoms with E-state index >= 15 is 0 Å². The second kappa shape index (κ2) is 5.00. The highest BCUT2D eigenvalue weighted by atomic mass is 35.5. The normalized spacial score (nSPS) is 10.7. The number of methoxy groups -OCH3 is 1. The molecule has 0 amide bonds. The Balaban J connectivity index is 2.62. The van der Waals surface area contributed by atoms with E-state index in [4.69, 9.17) is 22.1 Å². The van der Waals surface area contributed by atoms with E-state index in [1.165, 1.54) is 0 Å². The topological polar surface area (TPSA) is 53.1 Å². The van der Waals surface area contributed by atoms with Gasteiger partial charge in [-0.15, -0.1) is 0 Å². The molecule has 0 fully saturated rings. The highest BCUT2D eigenvalue weighted by molar-refractivity contribution is 6.33. The van der Waals surface area contributed by atoms with Gasteiger partial charge in [0.25, 0.3) is 0 Å². The minimum absolute atomic E-state index is 0.426. The Morgan fingerprint density at radius 1 is 1.44 bits per heavy atom. The monoisotopic (exact) mass is 265 g/mol. The van der Waals surface area contributed by atoms with E-state index in [1.807, 2.05) is 26.1 Å². The Kier molecular flexibility index (Phi) is 3.59. The number of aromatic nitrogens is 2. The highest BCUT2D eigenvalue weighted by Crippen LogP contribution is 2.34. The fourth-order valence-electron chi connectivity index (χ4n) is 2.12. The van der Waals surface area contributed by atoms with Crippen LogP contribution in [0, 0.1) is 6.92 Å². The maximum atomic E-state index is 6.30. The first-order valence-electron chi connectivity index (χ1n) is 5.65. The molecule has 0 saturated heterocycles. The Bertz CT molecular complexity index is 578. The summed E-state index contributed by atoms with van der Waals surface area (Å²) in [5.74, 6) is 0.736. The quantitative estimate of drug-likeness (QED) is 0.928. The first-order chi connectivity index (χ1) is 8.58. The van der Waals surface area contributed by atoms with Crippen LogP contribution < -0.4 is 10.5 Å². The van der Waals surface area contributed by atoms with Gasteiger partial charge in [0.2, 0.25) is 0 Å². The van der Waals surface area contributed by atoms with E-state index in [-0.39, 0.29) is 0 Å². The molecule has 0 aliphatic heterocycles. The van der Waals surface area contributed by atoms with Crippen molar-refractivity contribution in [3.63, 3.8) is 0 Å². The van der Waals surface area contributed by atoms with Crippen molar-refractivity contribution >= 4 is 11.6 Å². The summed E-state index contributed by atoms with van der Waals surface area (Å²) in [6, 6.07) is 5.61. The van der Waals surface area contributed by atoms with E-state index in [1.54, 1.807) is 17.9 Å². The summed E-state index contributed by atoms with van der Waals surface area (Å²) < 4.78 is 6.94. The Morgan fingerprint density at radius 3 is 2.72 bits per heavy atom. The third-order valence-corrected chi connectivity index (χ3v) is 3.29. The van der Waals surface area contributed by atoms with Crippen molar-refractivity contribution in [1.82, 2.24) is 9.78 Å². The zero-order valence-corrected chi connectivity index (χ0v) is 11.5. The molecule has 96 valence electrons. The lowest BCUT2D eigenvalue weighted by atomic mass is 10.0. The van der Waals surface area contributed by atoms with Gasteiger partial charge in [0, 0.05) is 24.7 Å². The maximum absolute atomic E-state index is 6.30. The fourth-order valence-corrected chi connectivity index (χ4v) is 2.38. The molecule has 2 aromatic rings. The van der Waals surface area contributed by atoms with Gasteiger partial charge in [-0.05, 0) is 25.1 Å². The van der Waals surface area contributed by atoms with Gasteiger partial charge in [-0.2, -0.15) is 5.10 Å². The lowest BCUT2D eigenvalue weighted by Gasteiger charge is -2.08. The summed E-state index contributed by atoms with van der Waals surface area (Å²) in [5, 5.41) is 5.03. The highest BCUT2D eigenvalue weighted by Gasteiger charge is 2.16. The van der Waals surface area contributed by atoms with Crippen molar-refractivity contribution in [2.24, 2.45) is 12.8 Å². The zero-order valence-electron chi connectivity index (χ0n) is 10.7. The van der Waals surface area contributed by atoms with Gasteiger partial charge in [0.1, 0.15) is 5.75 Å². The number of hydrogen-bond acceptors (Lipinski definition) is 3. The van der Waals surface area contributed by atoms with E-state index in [2.05, 4.69) is 5.10 Å². The first-order valence-corrected chi connectivity index (χ1v) is 6.02. The van der Waals surface area contributed by atoms with Crippen LogP contribution in [0.25, 0.3) is 11.1 Å². The smallest absolute Gasteiger partial charge is 0.120 e. The molecule has 1 heterocycles. The van der Waals surface area contributed by atoms with Crippen LogP contribution in [-0.4, -0.2) is 16.9 Å². The van der Waals surface area contributed by atoms with Crippen molar-refractivity contribution in [1.29, 1.82) is 0 Å². The van der Waals surface area contributed by atoms with Gasteiger partial charge in [-0.25, -0.2) is 0 Å². The molecule has 0 bridgehead atoms. The molecule has 0 radical (unpaired) electrons. The molecule has 0 unspecified atom stereocenters. The molecule has 0 spiro atoms. The number of halogens is 1. The molecule has 0 atom stereocenters. The SMILES string of the molecule is COc1ccc(-c2c(C)nn(C)c2CN)c(Cl)c1. The van der Waals surface area contributed by atoms with Crippen molar-refractivity contribution in [3.8, 4) is 16.9 Å². The van der Waals surface area contributed by atoms with Gasteiger partial charge >= 0.3 is 0 Å². The number of ether oxygens (including phenoxy) is 1. The molecule has 1 aromatic carbocycles. The van der Waals surface area contributed by atoms with Crippen molar-refractivity contribution in [2.45, 2.75) is 13.5 Å². The second-order valence-electron chi connectivity index (χ2n) is 4.08. The molecular weight excluding hydrogens is 250 g/mol. The summed E-state index contributed by atoms with van der Waals surface area (Å²) in [7, 11) is 3.50. The second-order valence-corrected chi connectivity index (χ2v) is 4.49. The summed E-state index contributed by atoms with van der Waals surface area (Å²) in [4.78, 5) is 0. The van der Waals surface area contributed by atoms with E-state index < -0.39 is 0 Å². The van der Waals surface area contributed by atoms with Gasteiger partial charge in [0.05, 0.1) is 23.5 Å². The van der Waals surface area contributed by atoms with Gasteiger partial charge in [0.15, 0.2) is 0 Å². The van der Waals surface area contributed by atoms with Crippen molar-refractivity contribution in [3.05, 3.63) is 34.6 Å². The van der Waals surface area contributed by atoms with Crippen LogP contribution in [0.4, 0.5) is 0 Å². The number of hydrogen-bond donors (Lipinski definition) is 1. The number of aryl methyl sites for hydroxylation is 2. The molecule has 18 heavy (non-hydrogen) atoms. The van der Waals surface area contributed by atoms with Crippen LogP contribution in [-0.2, 0) is 13.6 Å². The predicted octanol–water partition coefficient (Wildman–Crippen LogP) is 2.52. The first kappa shape index (κ1) is 12.9. The summed E-state index contributed by atoms with van der Waals surface area (Å²) in [6.07, 6.45) is 0. The third-order valence-electron chi connectivity index (χ3n) is 2.98. The number of benzene rings is 1. The molecule has 0 aliphatic rings. The average Bonchev–Trinajstić information content (AvgIpc) is 2.63. The number of nitrogens with zero attached hydrogens (tertiary/aromatic N) is 2. The molecule has 2 rings (SSSR count). The summed E-state index contributed by atoms with van der Waals surface area (Å²) in [5.41, 5.74) is 9.61. The van der Waals surface area contributed by atoms with E-state index in [0.717, 1.165) is 28.3 Å². The molecule has 0 saturated carbocycles. The van der Waals surface area contributed by atoms with Crippen LogP contribution >= 0.6 is 11.6 Å². The predicted molar refractivity (Wildman–Crippen MR) is 72.8 cm³/mol. The zero-order chi connectivity index (χ0) is 13.3.